The third kappa shape index (κ3) is 6.74. The monoisotopic (exact) mass is 718 g/mol. The van der Waals surface area contributed by atoms with Crippen LogP contribution in [0.4, 0.5) is 5.69 Å². The lowest BCUT2D eigenvalue weighted by Crippen LogP contribution is -2.44. The molecule has 0 radical (unpaired) electrons. The lowest BCUT2D eigenvalue weighted by molar-refractivity contribution is -0.135. The van der Waals surface area contributed by atoms with Crippen LogP contribution in [-0.2, 0) is 16.6 Å². The number of carbonyl (C=O) groups excluding carboxylic acids is 3. The first-order valence-corrected chi connectivity index (χ1v) is 18.7. The number of pyridine rings is 1. The average molecular weight is 719 g/mol. The first kappa shape index (κ1) is 34.8. The van der Waals surface area contributed by atoms with E-state index in [1.807, 2.05) is 43.3 Å². The van der Waals surface area contributed by atoms with Crippen LogP contribution in [0, 0.1) is 12.8 Å². The normalized spacial score (nSPS) is 21.6. The fourth-order valence-corrected chi connectivity index (χ4v) is 8.79. The van der Waals surface area contributed by atoms with Crippen molar-refractivity contribution in [3.8, 4) is 5.75 Å². The van der Waals surface area contributed by atoms with Gasteiger partial charge in [0.1, 0.15) is 17.5 Å². The molecule has 1 saturated carbocycles. The van der Waals surface area contributed by atoms with Gasteiger partial charge < -0.3 is 15.0 Å². The topological polar surface area (TPSA) is 145 Å². The molecular formula is C40H46N8O5. The summed E-state index contributed by atoms with van der Waals surface area (Å²) in [5.41, 5.74) is 5.16. The van der Waals surface area contributed by atoms with Gasteiger partial charge in [-0.3, -0.25) is 33.5 Å². The Morgan fingerprint density at radius 2 is 1.75 bits per heavy atom. The number of nitrogens with one attached hydrogen (secondary N) is 2. The molecule has 2 saturated heterocycles. The number of piperidine rings is 2. The fourth-order valence-electron chi connectivity index (χ4n) is 8.79. The number of anilines is 1. The van der Waals surface area contributed by atoms with Crippen molar-refractivity contribution >= 4 is 45.3 Å². The summed E-state index contributed by atoms with van der Waals surface area (Å²) in [5, 5.41) is 11.2. The van der Waals surface area contributed by atoms with Gasteiger partial charge in [-0.1, -0.05) is 18.2 Å². The smallest absolute Gasteiger partial charge is 0.329 e. The molecule has 5 heterocycles. The van der Waals surface area contributed by atoms with E-state index in [0.29, 0.717) is 41.4 Å². The highest BCUT2D eigenvalue weighted by Gasteiger charge is 2.33. The van der Waals surface area contributed by atoms with E-state index in [0.717, 1.165) is 91.4 Å². The molecule has 3 aliphatic rings. The summed E-state index contributed by atoms with van der Waals surface area (Å²) in [6.45, 7) is 4.96. The molecule has 1 unspecified atom stereocenters. The number of hydrogen-bond acceptors (Lipinski definition) is 8. The highest BCUT2D eigenvalue weighted by molar-refractivity contribution is 6.05. The summed E-state index contributed by atoms with van der Waals surface area (Å²) in [6.07, 6.45) is 9.08. The molecule has 13 nitrogen and oxygen atoms in total. The van der Waals surface area contributed by atoms with E-state index in [9.17, 15) is 19.2 Å². The van der Waals surface area contributed by atoms with E-state index < -0.39 is 11.9 Å². The fraction of sp³-hybridized carbons (Fsp3) is 0.450. The van der Waals surface area contributed by atoms with Crippen molar-refractivity contribution in [1.29, 1.82) is 0 Å². The van der Waals surface area contributed by atoms with Crippen molar-refractivity contribution < 1.29 is 19.1 Å². The maximum Gasteiger partial charge on any atom is 0.329 e. The van der Waals surface area contributed by atoms with Gasteiger partial charge in [0, 0.05) is 43.4 Å². The number of ether oxygens (including phenoxy) is 1. The number of rotatable bonds is 8. The summed E-state index contributed by atoms with van der Waals surface area (Å²) < 4.78 is 11.0. The number of para-hydroxylation sites is 1. The average Bonchev–Trinajstić information content (AvgIpc) is 3.69. The molecule has 13 heteroatoms. The number of methoxy groups -OCH3 is 1. The predicted molar refractivity (Wildman–Crippen MR) is 201 cm³/mol. The zero-order chi connectivity index (χ0) is 36.8. The summed E-state index contributed by atoms with van der Waals surface area (Å²) >= 11 is 0. The third-order valence-corrected chi connectivity index (χ3v) is 11.6. The van der Waals surface area contributed by atoms with Crippen molar-refractivity contribution in [1.82, 2.24) is 34.1 Å². The number of hydrogen-bond donors (Lipinski definition) is 2. The van der Waals surface area contributed by atoms with Crippen molar-refractivity contribution in [3.05, 3.63) is 82.2 Å². The maximum atomic E-state index is 13.4. The molecule has 8 rings (SSSR count). The first-order chi connectivity index (χ1) is 25.7. The second-order valence-electron chi connectivity index (χ2n) is 15.0. The Morgan fingerprint density at radius 1 is 0.981 bits per heavy atom. The van der Waals surface area contributed by atoms with Gasteiger partial charge in [0.2, 0.25) is 11.8 Å². The lowest BCUT2D eigenvalue weighted by Gasteiger charge is -2.37. The number of carbonyl (C=O) groups is 3. The van der Waals surface area contributed by atoms with Gasteiger partial charge in [-0.2, -0.15) is 5.10 Å². The van der Waals surface area contributed by atoms with Crippen LogP contribution in [0.2, 0.25) is 0 Å². The molecule has 2 aliphatic heterocycles. The molecule has 3 amide bonds. The van der Waals surface area contributed by atoms with E-state index in [2.05, 4.69) is 37.5 Å². The molecule has 53 heavy (non-hydrogen) atoms. The van der Waals surface area contributed by atoms with Crippen LogP contribution >= 0.6 is 0 Å². The molecule has 3 fully saturated rings. The van der Waals surface area contributed by atoms with Crippen molar-refractivity contribution in [2.75, 3.05) is 32.1 Å². The molecule has 1 aliphatic carbocycles. The number of likely N-dealkylation sites (tertiary alicyclic amines) is 1. The van der Waals surface area contributed by atoms with E-state index in [-0.39, 0.29) is 23.9 Å². The van der Waals surface area contributed by atoms with Crippen LogP contribution < -0.4 is 21.1 Å². The van der Waals surface area contributed by atoms with E-state index in [4.69, 9.17) is 9.84 Å². The largest absolute Gasteiger partial charge is 0.494 e. The van der Waals surface area contributed by atoms with Gasteiger partial charge >= 0.3 is 5.69 Å². The summed E-state index contributed by atoms with van der Waals surface area (Å²) in [4.78, 5) is 57.8. The molecule has 1 atom stereocenters. The van der Waals surface area contributed by atoms with E-state index in [1.54, 1.807) is 29.4 Å². The Bertz CT molecular complexity index is 2270. The number of imide groups is 1. The Hall–Kier alpha value is -5.30. The minimum Gasteiger partial charge on any atom is -0.494 e. The van der Waals surface area contributed by atoms with E-state index >= 15 is 0 Å². The number of imidazole rings is 1. The van der Waals surface area contributed by atoms with Crippen LogP contribution in [-0.4, -0.2) is 73.3 Å². The quantitative estimate of drug-likeness (QED) is 0.207. The van der Waals surface area contributed by atoms with Crippen LogP contribution in [0.3, 0.4) is 0 Å². The third-order valence-electron chi connectivity index (χ3n) is 11.6. The summed E-state index contributed by atoms with van der Waals surface area (Å²) in [5.74, 6) is 0.542. The number of fused-ring (bicyclic) bond motifs is 2. The minimum absolute atomic E-state index is 0.220. The van der Waals surface area contributed by atoms with Gasteiger partial charge in [0.05, 0.1) is 35.4 Å². The van der Waals surface area contributed by atoms with Gasteiger partial charge in [-0.15, -0.1) is 0 Å². The van der Waals surface area contributed by atoms with Crippen molar-refractivity contribution in [2.45, 2.75) is 76.3 Å². The first-order valence-electron chi connectivity index (χ1n) is 18.7. The Kier molecular flexibility index (Phi) is 9.35. The van der Waals surface area contributed by atoms with Crippen molar-refractivity contribution in [3.63, 3.8) is 0 Å². The van der Waals surface area contributed by atoms with Gasteiger partial charge in [-0.05, 0) is 107 Å². The van der Waals surface area contributed by atoms with Crippen LogP contribution in [0.25, 0.3) is 21.9 Å². The minimum atomic E-state index is -0.679. The number of aryl methyl sites for hydroxylation is 2. The van der Waals surface area contributed by atoms with E-state index in [1.165, 1.54) is 0 Å². The number of amides is 3. The maximum absolute atomic E-state index is 13.4. The van der Waals surface area contributed by atoms with Crippen LogP contribution in [0.1, 0.15) is 91.1 Å². The second kappa shape index (κ2) is 14.3. The highest BCUT2D eigenvalue weighted by Crippen LogP contribution is 2.38. The van der Waals surface area contributed by atoms with Gasteiger partial charge in [0.25, 0.3) is 5.91 Å². The SMILES string of the molecule is COc1cc2nn([C@H]3CC[C@H](CN4CCC(c5cccc6c5n(C)c(=O)n6C5CCC(=O)NC5=O)CC4)CC3)cc2cc1NC(=O)c1cccc(C)n1. The molecule has 0 bridgehead atoms. The number of aromatic nitrogens is 5. The Morgan fingerprint density at radius 3 is 2.49 bits per heavy atom. The summed E-state index contributed by atoms with van der Waals surface area (Å²) in [6, 6.07) is 14.9. The highest BCUT2D eigenvalue weighted by atomic mass is 16.5. The summed E-state index contributed by atoms with van der Waals surface area (Å²) in [7, 11) is 3.38. The lowest BCUT2D eigenvalue weighted by atomic mass is 9.84. The molecule has 276 valence electrons. The molecular weight excluding hydrogens is 672 g/mol. The van der Waals surface area contributed by atoms with Gasteiger partial charge in [0.15, 0.2) is 0 Å². The zero-order valence-electron chi connectivity index (χ0n) is 30.5. The van der Waals surface area contributed by atoms with Crippen molar-refractivity contribution in [2.24, 2.45) is 13.0 Å². The van der Waals surface area contributed by atoms with Crippen LogP contribution in [0.5, 0.6) is 5.75 Å². The molecule has 3 aromatic heterocycles. The second-order valence-corrected chi connectivity index (χ2v) is 15.0. The number of benzene rings is 2. The number of nitrogens with zero attached hydrogens (tertiary/aromatic N) is 6. The molecule has 5 aromatic rings. The van der Waals surface area contributed by atoms with Crippen LogP contribution in [0.15, 0.2) is 59.5 Å². The molecule has 2 aromatic carbocycles. The Balaban J connectivity index is 0.880. The standard InChI is InChI=1S/C40H46N8O5/c1-24-6-4-8-30(41-24)38(50)42-32-20-27-23-47(44-31(27)21-35(32)53-3)28-12-10-25(11-13-28)22-46-18-16-26(17-19-46)29-7-5-9-33-37(29)45(2)40(52)48(33)34-14-15-36(49)43-39(34)51/h4-9,20-21,23,25-26,28,34H,10-19,22H2,1-3H3,(H,42,50)(H,43,49,51)/t25-,28-,34?. The molecule has 0 spiro atoms. The van der Waals surface area contributed by atoms with Gasteiger partial charge in [-0.25, -0.2) is 9.78 Å². The Labute approximate surface area is 307 Å². The predicted octanol–water partition coefficient (Wildman–Crippen LogP) is 5.24. The zero-order valence-corrected chi connectivity index (χ0v) is 30.5. The molecule has 2 N–H and O–H groups in total.